The van der Waals surface area contributed by atoms with Crippen molar-refractivity contribution in [2.45, 2.75) is 25.4 Å². The molecule has 0 fully saturated rings. The summed E-state index contributed by atoms with van der Waals surface area (Å²) in [6.45, 7) is 2.02. The highest BCUT2D eigenvalue weighted by atomic mass is 79.9. The first kappa shape index (κ1) is 10.6. The van der Waals surface area contributed by atoms with Gasteiger partial charge in [0.1, 0.15) is 4.60 Å². The van der Waals surface area contributed by atoms with Crippen LogP contribution in [0, 0.1) is 0 Å². The molecule has 4 N–H and O–H groups in total. The van der Waals surface area contributed by atoms with Gasteiger partial charge >= 0.3 is 0 Å². The van der Waals surface area contributed by atoms with E-state index in [-0.39, 0.29) is 12.1 Å². The molecular weight excluding hydrogens is 230 g/mol. The molecule has 1 rings (SSSR count). The molecule has 0 amide bonds. The van der Waals surface area contributed by atoms with Crippen LogP contribution in [0.15, 0.2) is 22.8 Å². The minimum absolute atomic E-state index is 0.0261. The number of rotatable bonds is 3. The molecule has 72 valence electrons. The zero-order chi connectivity index (χ0) is 9.84. The van der Waals surface area contributed by atoms with E-state index >= 15 is 0 Å². The largest absolute Gasteiger partial charge is 0.326 e. The van der Waals surface area contributed by atoms with E-state index in [2.05, 4.69) is 20.9 Å². The summed E-state index contributed by atoms with van der Waals surface area (Å²) in [5.74, 6) is 0. The van der Waals surface area contributed by atoms with Gasteiger partial charge in [-0.15, -0.1) is 0 Å². The Morgan fingerprint density at radius 2 is 2.15 bits per heavy atom. The molecule has 3 nitrogen and oxygen atoms in total. The fourth-order valence-electron chi connectivity index (χ4n) is 1.08. The molecular formula is C9H14BrN3. The Morgan fingerprint density at radius 3 is 2.69 bits per heavy atom. The molecule has 2 atom stereocenters. The summed E-state index contributed by atoms with van der Waals surface area (Å²) in [5.41, 5.74) is 12.6. The summed E-state index contributed by atoms with van der Waals surface area (Å²) in [4.78, 5) is 4.25. The van der Waals surface area contributed by atoms with Crippen LogP contribution in [0.4, 0.5) is 0 Å². The van der Waals surface area contributed by atoms with Crippen LogP contribution in [0.25, 0.3) is 0 Å². The predicted molar refractivity (Wildman–Crippen MR) is 57.1 cm³/mol. The van der Waals surface area contributed by atoms with Crippen molar-refractivity contribution in [2.75, 3.05) is 0 Å². The molecule has 1 aromatic rings. The summed E-state index contributed by atoms with van der Waals surface area (Å²) in [6.07, 6.45) is 0.857. The Labute approximate surface area is 86.7 Å². The van der Waals surface area contributed by atoms with E-state index in [4.69, 9.17) is 11.5 Å². The lowest BCUT2D eigenvalue weighted by molar-refractivity contribution is 0.521. The van der Waals surface area contributed by atoms with Crippen molar-refractivity contribution >= 4 is 15.9 Å². The number of pyridine rings is 1. The number of hydrogen-bond acceptors (Lipinski definition) is 3. The van der Waals surface area contributed by atoms with E-state index in [1.165, 1.54) is 0 Å². The van der Waals surface area contributed by atoms with Crippen LogP contribution in [0.1, 0.15) is 25.1 Å². The molecule has 0 bridgehead atoms. The van der Waals surface area contributed by atoms with E-state index in [0.717, 1.165) is 16.7 Å². The van der Waals surface area contributed by atoms with E-state index in [9.17, 15) is 0 Å². The van der Waals surface area contributed by atoms with Crippen molar-refractivity contribution in [2.24, 2.45) is 11.5 Å². The highest BCUT2D eigenvalue weighted by Crippen LogP contribution is 2.15. The van der Waals surface area contributed by atoms with Crippen LogP contribution in [0.3, 0.4) is 0 Å². The molecule has 0 aliphatic carbocycles. The van der Waals surface area contributed by atoms with Gasteiger partial charge in [-0.3, -0.25) is 0 Å². The highest BCUT2D eigenvalue weighted by Gasteiger charge is 2.14. The van der Waals surface area contributed by atoms with Gasteiger partial charge in [0, 0.05) is 6.04 Å². The van der Waals surface area contributed by atoms with Gasteiger partial charge in [-0.05, 0) is 34.5 Å². The first-order valence-corrected chi connectivity index (χ1v) is 5.08. The fourth-order valence-corrected chi connectivity index (χ4v) is 1.44. The van der Waals surface area contributed by atoms with E-state index in [1.54, 1.807) is 0 Å². The van der Waals surface area contributed by atoms with Crippen LogP contribution in [0.5, 0.6) is 0 Å². The minimum Gasteiger partial charge on any atom is -0.326 e. The molecule has 0 saturated heterocycles. The topological polar surface area (TPSA) is 64.9 Å². The molecule has 0 aromatic carbocycles. The third-order valence-corrected chi connectivity index (χ3v) is 2.45. The zero-order valence-corrected chi connectivity index (χ0v) is 9.16. The number of hydrogen-bond donors (Lipinski definition) is 2. The molecule has 4 heteroatoms. The zero-order valence-electron chi connectivity index (χ0n) is 7.57. The lowest BCUT2D eigenvalue weighted by atomic mass is 10.0. The first-order chi connectivity index (χ1) is 6.15. The summed E-state index contributed by atoms with van der Waals surface area (Å²) in [7, 11) is 0. The van der Waals surface area contributed by atoms with Crippen molar-refractivity contribution in [3.8, 4) is 0 Å². The van der Waals surface area contributed by atoms with Crippen LogP contribution in [0.2, 0.25) is 0 Å². The van der Waals surface area contributed by atoms with Gasteiger partial charge in [0.05, 0.1) is 11.7 Å². The Bertz CT molecular complexity index is 277. The van der Waals surface area contributed by atoms with E-state index in [0.29, 0.717) is 0 Å². The molecule has 0 aliphatic heterocycles. The normalized spacial score (nSPS) is 15.4. The van der Waals surface area contributed by atoms with Crippen LogP contribution >= 0.6 is 15.9 Å². The first-order valence-electron chi connectivity index (χ1n) is 4.28. The molecule has 0 radical (unpaired) electrons. The number of aromatic nitrogens is 1. The summed E-state index contributed by atoms with van der Waals surface area (Å²) >= 11 is 3.29. The van der Waals surface area contributed by atoms with Gasteiger partial charge in [-0.1, -0.05) is 13.0 Å². The van der Waals surface area contributed by atoms with E-state index < -0.39 is 0 Å². The van der Waals surface area contributed by atoms with Crippen molar-refractivity contribution < 1.29 is 0 Å². The monoisotopic (exact) mass is 243 g/mol. The molecule has 1 aromatic heterocycles. The van der Waals surface area contributed by atoms with Gasteiger partial charge in [0.25, 0.3) is 0 Å². The van der Waals surface area contributed by atoms with Gasteiger partial charge in [0.15, 0.2) is 0 Å². The standard InChI is InChI=1S/C9H14BrN3/c1-2-6(11)9(12)7-4-3-5-8(10)13-7/h3-6,9H,2,11-12H2,1H3. The second kappa shape index (κ2) is 4.69. The maximum absolute atomic E-state index is 5.91. The average molecular weight is 244 g/mol. The third kappa shape index (κ3) is 2.76. The molecule has 0 aliphatic rings. The second-order valence-corrected chi connectivity index (χ2v) is 3.80. The SMILES string of the molecule is CCC(N)C(N)c1cccc(Br)n1. The Morgan fingerprint density at radius 1 is 1.46 bits per heavy atom. The average Bonchev–Trinajstić information content (AvgIpc) is 2.15. The van der Waals surface area contributed by atoms with Crippen LogP contribution in [-0.4, -0.2) is 11.0 Å². The summed E-state index contributed by atoms with van der Waals surface area (Å²) in [6, 6.07) is 5.47. The smallest absolute Gasteiger partial charge is 0.106 e. The number of nitrogens with two attached hydrogens (primary N) is 2. The lowest BCUT2D eigenvalue weighted by Crippen LogP contribution is -2.33. The molecule has 2 unspecified atom stereocenters. The maximum atomic E-state index is 5.91. The van der Waals surface area contributed by atoms with E-state index in [1.807, 2.05) is 25.1 Å². The van der Waals surface area contributed by atoms with Crippen molar-refractivity contribution in [3.63, 3.8) is 0 Å². The van der Waals surface area contributed by atoms with Crippen molar-refractivity contribution in [3.05, 3.63) is 28.5 Å². The Kier molecular flexibility index (Phi) is 3.84. The van der Waals surface area contributed by atoms with Gasteiger partial charge in [-0.25, -0.2) is 4.98 Å². The molecule has 13 heavy (non-hydrogen) atoms. The number of halogens is 1. The maximum Gasteiger partial charge on any atom is 0.106 e. The molecule has 0 saturated carbocycles. The Hall–Kier alpha value is -0.450. The predicted octanol–water partition coefficient (Wildman–Crippen LogP) is 1.58. The second-order valence-electron chi connectivity index (χ2n) is 2.98. The number of nitrogens with zero attached hydrogens (tertiary/aromatic N) is 1. The third-order valence-electron chi connectivity index (χ3n) is 2.01. The fraction of sp³-hybridized carbons (Fsp3) is 0.444. The summed E-state index contributed by atoms with van der Waals surface area (Å²) < 4.78 is 0.795. The van der Waals surface area contributed by atoms with Crippen LogP contribution in [-0.2, 0) is 0 Å². The van der Waals surface area contributed by atoms with Gasteiger partial charge < -0.3 is 11.5 Å². The molecule has 1 heterocycles. The Balaban J connectivity index is 2.82. The lowest BCUT2D eigenvalue weighted by Gasteiger charge is -2.17. The molecule has 0 spiro atoms. The highest BCUT2D eigenvalue weighted by molar-refractivity contribution is 9.10. The van der Waals surface area contributed by atoms with Crippen LogP contribution < -0.4 is 11.5 Å². The van der Waals surface area contributed by atoms with Crippen molar-refractivity contribution in [1.82, 2.24) is 4.98 Å². The summed E-state index contributed by atoms with van der Waals surface area (Å²) in [5, 5.41) is 0. The van der Waals surface area contributed by atoms with Gasteiger partial charge in [0.2, 0.25) is 0 Å². The van der Waals surface area contributed by atoms with Gasteiger partial charge in [-0.2, -0.15) is 0 Å². The quantitative estimate of drug-likeness (QED) is 0.793. The minimum atomic E-state index is -0.178. The van der Waals surface area contributed by atoms with Crippen molar-refractivity contribution in [1.29, 1.82) is 0 Å².